The first-order chi connectivity index (χ1) is 11.5. The van der Waals surface area contributed by atoms with E-state index in [2.05, 4.69) is 10.6 Å². The van der Waals surface area contributed by atoms with Gasteiger partial charge in [0.15, 0.2) is 5.11 Å². The van der Waals surface area contributed by atoms with Gasteiger partial charge in [0.2, 0.25) is 0 Å². The van der Waals surface area contributed by atoms with E-state index in [0.717, 1.165) is 17.2 Å². The van der Waals surface area contributed by atoms with Crippen molar-refractivity contribution in [2.45, 2.75) is 32.9 Å². The Bertz CT molecular complexity index is 630. The van der Waals surface area contributed by atoms with Crippen LogP contribution in [0.4, 0.5) is 5.69 Å². The maximum Gasteiger partial charge on any atom is 0.171 e. The molecule has 0 saturated heterocycles. The van der Waals surface area contributed by atoms with Crippen molar-refractivity contribution in [3.8, 4) is 11.5 Å². The minimum absolute atomic E-state index is 0.0914. The molecule has 0 aromatic heterocycles. The van der Waals surface area contributed by atoms with Crippen LogP contribution in [0, 0.1) is 0 Å². The standard InChI is InChI=1S/C19H24N2O2S/c1-14(2)23-18-11-9-16(10-12-18)21-19(24)20-15(3)13-22-17-7-5-4-6-8-17/h4-12,14-15H,13H2,1-3H3,(H2,20,21,24). The molecule has 4 nitrogen and oxygen atoms in total. The fourth-order valence-electron chi connectivity index (χ4n) is 2.06. The highest BCUT2D eigenvalue weighted by molar-refractivity contribution is 7.80. The molecule has 2 rings (SSSR count). The number of hydrogen-bond donors (Lipinski definition) is 2. The van der Waals surface area contributed by atoms with Gasteiger partial charge in [-0.15, -0.1) is 0 Å². The van der Waals surface area contributed by atoms with Gasteiger partial charge in [0.25, 0.3) is 0 Å². The lowest BCUT2D eigenvalue weighted by Gasteiger charge is -2.18. The van der Waals surface area contributed by atoms with Crippen molar-refractivity contribution in [2.24, 2.45) is 0 Å². The summed E-state index contributed by atoms with van der Waals surface area (Å²) in [5, 5.41) is 6.94. The lowest BCUT2D eigenvalue weighted by Crippen LogP contribution is -2.39. The van der Waals surface area contributed by atoms with Gasteiger partial charge in [-0.3, -0.25) is 0 Å². The van der Waals surface area contributed by atoms with Crippen LogP contribution < -0.4 is 20.1 Å². The molecule has 0 spiro atoms. The van der Waals surface area contributed by atoms with Crippen LogP contribution in [-0.2, 0) is 0 Å². The predicted octanol–water partition coefficient (Wildman–Crippen LogP) is 4.23. The van der Waals surface area contributed by atoms with E-state index in [1.807, 2.05) is 75.4 Å². The van der Waals surface area contributed by atoms with Crippen LogP contribution in [0.15, 0.2) is 54.6 Å². The number of ether oxygens (including phenoxy) is 2. The normalized spacial score (nSPS) is 11.7. The Morgan fingerprint density at radius 3 is 2.25 bits per heavy atom. The zero-order chi connectivity index (χ0) is 17.4. The third kappa shape index (κ3) is 6.46. The zero-order valence-electron chi connectivity index (χ0n) is 14.3. The number of thiocarbonyl (C=S) groups is 1. The van der Waals surface area contributed by atoms with Gasteiger partial charge in [-0.2, -0.15) is 0 Å². The molecule has 0 amide bonds. The van der Waals surface area contributed by atoms with E-state index in [1.54, 1.807) is 0 Å². The number of rotatable bonds is 7. The highest BCUT2D eigenvalue weighted by atomic mass is 32.1. The Kier molecular flexibility index (Phi) is 6.88. The Morgan fingerprint density at radius 2 is 1.62 bits per heavy atom. The van der Waals surface area contributed by atoms with Crippen molar-refractivity contribution in [1.29, 1.82) is 0 Å². The molecule has 0 aliphatic rings. The van der Waals surface area contributed by atoms with Crippen molar-refractivity contribution in [2.75, 3.05) is 11.9 Å². The second-order valence-corrected chi connectivity index (χ2v) is 6.22. The second kappa shape index (κ2) is 9.13. The van der Waals surface area contributed by atoms with Crippen LogP contribution >= 0.6 is 12.2 Å². The molecule has 24 heavy (non-hydrogen) atoms. The van der Waals surface area contributed by atoms with Crippen molar-refractivity contribution in [3.63, 3.8) is 0 Å². The van der Waals surface area contributed by atoms with Crippen molar-refractivity contribution >= 4 is 23.0 Å². The van der Waals surface area contributed by atoms with Crippen molar-refractivity contribution in [3.05, 3.63) is 54.6 Å². The highest BCUT2D eigenvalue weighted by Gasteiger charge is 2.06. The first kappa shape index (κ1) is 18.1. The quantitative estimate of drug-likeness (QED) is 0.736. The molecule has 2 N–H and O–H groups in total. The van der Waals surface area contributed by atoms with E-state index in [0.29, 0.717) is 11.7 Å². The van der Waals surface area contributed by atoms with Crippen LogP contribution in [0.25, 0.3) is 0 Å². The molecule has 0 bridgehead atoms. The predicted molar refractivity (Wildman–Crippen MR) is 103 cm³/mol. The lowest BCUT2D eigenvalue weighted by molar-refractivity contribution is 0.242. The Balaban J connectivity index is 1.75. The summed E-state index contributed by atoms with van der Waals surface area (Å²) in [5.74, 6) is 1.70. The first-order valence-electron chi connectivity index (χ1n) is 8.05. The summed E-state index contributed by atoms with van der Waals surface area (Å²) in [6.45, 7) is 6.57. The molecule has 1 unspecified atom stereocenters. The summed E-state index contributed by atoms with van der Waals surface area (Å²) in [4.78, 5) is 0. The van der Waals surface area contributed by atoms with E-state index in [-0.39, 0.29) is 12.1 Å². The van der Waals surface area contributed by atoms with Gasteiger partial charge in [0.05, 0.1) is 12.1 Å². The maximum atomic E-state index is 5.71. The zero-order valence-corrected chi connectivity index (χ0v) is 15.1. The number of para-hydroxylation sites is 1. The lowest BCUT2D eigenvalue weighted by atomic mass is 10.3. The molecule has 0 saturated carbocycles. The highest BCUT2D eigenvalue weighted by Crippen LogP contribution is 2.16. The van der Waals surface area contributed by atoms with E-state index < -0.39 is 0 Å². The number of anilines is 1. The Morgan fingerprint density at radius 1 is 0.958 bits per heavy atom. The third-order valence-electron chi connectivity index (χ3n) is 3.10. The Hall–Kier alpha value is -2.27. The van der Waals surface area contributed by atoms with E-state index >= 15 is 0 Å². The van der Waals surface area contributed by atoms with Crippen LogP contribution in [0.3, 0.4) is 0 Å². The van der Waals surface area contributed by atoms with Gasteiger partial charge in [-0.05, 0) is 69.4 Å². The smallest absolute Gasteiger partial charge is 0.171 e. The SMILES string of the molecule is CC(COc1ccccc1)NC(=S)Nc1ccc(OC(C)C)cc1. The van der Waals surface area contributed by atoms with Crippen LogP contribution in [-0.4, -0.2) is 23.9 Å². The molecule has 2 aromatic rings. The van der Waals surface area contributed by atoms with Gasteiger partial charge in [0, 0.05) is 5.69 Å². The third-order valence-corrected chi connectivity index (χ3v) is 3.32. The first-order valence-corrected chi connectivity index (χ1v) is 8.46. The van der Waals surface area contributed by atoms with Gasteiger partial charge in [0.1, 0.15) is 18.1 Å². The van der Waals surface area contributed by atoms with Gasteiger partial charge in [-0.1, -0.05) is 18.2 Å². The maximum absolute atomic E-state index is 5.71. The summed E-state index contributed by atoms with van der Waals surface area (Å²) in [6, 6.07) is 17.6. The van der Waals surface area contributed by atoms with Crippen LogP contribution in [0.1, 0.15) is 20.8 Å². The average Bonchev–Trinajstić information content (AvgIpc) is 2.55. The molecular weight excluding hydrogens is 320 g/mol. The monoisotopic (exact) mass is 344 g/mol. The van der Waals surface area contributed by atoms with Gasteiger partial charge >= 0.3 is 0 Å². The molecule has 0 aliphatic heterocycles. The molecule has 0 aliphatic carbocycles. The van der Waals surface area contributed by atoms with E-state index in [9.17, 15) is 0 Å². The topological polar surface area (TPSA) is 42.5 Å². The molecule has 1 atom stereocenters. The number of nitrogens with one attached hydrogen (secondary N) is 2. The molecule has 0 radical (unpaired) electrons. The van der Waals surface area contributed by atoms with Crippen LogP contribution in [0.2, 0.25) is 0 Å². The van der Waals surface area contributed by atoms with Crippen molar-refractivity contribution < 1.29 is 9.47 Å². The molecule has 2 aromatic carbocycles. The minimum atomic E-state index is 0.0914. The molecule has 0 fully saturated rings. The van der Waals surface area contributed by atoms with E-state index in [4.69, 9.17) is 21.7 Å². The summed E-state index contributed by atoms with van der Waals surface area (Å²) in [6.07, 6.45) is 0.164. The summed E-state index contributed by atoms with van der Waals surface area (Å²) >= 11 is 5.34. The molecule has 5 heteroatoms. The summed E-state index contributed by atoms with van der Waals surface area (Å²) < 4.78 is 11.3. The van der Waals surface area contributed by atoms with E-state index in [1.165, 1.54) is 0 Å². The van der Waals surface area contributed by atoms with Gasteiger partial charge < -0.3 is 20.1 Å². The fraction of sp³-hybridized carbons (Fsp3) is 0.316. The number of benzene rings is 2. The fourth-order valence-corrected chi connectivity index (χ4v) is 2.38. The summed E-state index contributed by atoms with van der Waals surface area (Å²) in [7, 11) is 0. The minimum Gasteiger partial charge on any atom is -0.491 e. The molecule has 0 heterocycles. The van der Waals surface area contributed by atoms with Crippen LogP contribution in [0.5, 0.6) is 11.5 Å². The van der Waals surface area contributed by atoms with Gasteiger partial charge in [-0.25, -0.2) is 0 Å². The number of hydrogen-bond acceptors (Lipinski definition) is 3. The van der Waals surface area contributed by atoms with Crippen molar-refractivity contribution in [1.82, 2.24) is 5.32 Å². The molecule has 128 valence electrons. The second-order valence-electron chi connectivity index (χ2n) is 5.81. The largest absolute Gasteiger partial charge is 0.491 e. The average molecular weight is 344 g/mol. The molecular formula is C19H24N2O2S. The Labute approximate surface area is 149 Å². The summed E-state index contributed by atoms with van der Waals surface area (Å²) in [5.41, 5.74) is 0.916.